The van der Waals surface area contributed by atoms with E-state index in [-0.39, 0.29) is 24.7 Å². The van der Waals surface area contributed by atoms with E-state index in [0.717, 1.165) is 4.88 Å². The number of amides is 2. The van der Waals surface area contributed by atoms with E-state index in [2.05, 4.69) is 10.6 Å². The molecule has 0 saturated carbocycles. The molecule has 0 aliphatic heterocycles. The van der Waals surface area contributed by atoms with Crippen LogP contribution >= 0.6 is 11.3 Å². The van der Waals surface area contributed by atoms with Crippen molar-refractivity contribution in [2.75, 3.05) is 5.32 Å². The lowest BCUT2D eigenvalue weighted by Crippen LogP contribution is -2.29. The average molecular weight is 384 g/mol. The number of rotatable bonds is 7. The van der Waals surface area contributed by atoms with Gasteiger partial charge in [-0.2, -0.15) is 13.2 Å². The van der Waals surface area contributed by atoms with Gasteiger partial charge < -0.3 is 10.6 Å². The molecule has 0 aliphatic rings. The van der Waals surface area contributed by atoms with Crippen molar-refractivity contribution in [2.45, 2.75) is 38.4 Å². The summed E-state index contributed by atoms with van der Waals surface area (Å²) in [5, 5.41) is 7.26. The van der Waals surface area contributed by atoms with Gasteiger partial charge in [-0.25, -0.2) is 0 Å². The molecule has 0 unspecified atom stereocenters. The van der Waals surface area contributed by atoms with E-state index in [0.29, 0.717) is 11.3 Å². The standard InChI is InChI=1S/C18H19F3N2O2S/c1-12(24)22-15(16-6-3-9-26-16)11-17(25)23-14-5-2-4-13(10-14)7-8-18(19,20)21/h2-6,9-10,15H,7-8,11H2,1H3,(H,22,24)(H,23,25)/t15-/m0/s1. The Morgan fingerprint density at radius 1 is 1.19 bits per heavy atom. The number of hydrogen-bond acceptors (Lipinski definition) is 3. The first-order chi connectivity index (χ1) is 12.2. The van der Waals surface area contributed by atoms with Crippen molar-refractivity contribution < 1.29 is 22.8 Å². The quantitative estimate of drug-likeness (QED) is 0.741. The Bertz CT molecular complexity index is 745. The normalized spacial score (nSPS) is 12.5. The van der Waals surface area contributed by atoms with Gasteiger partial charge in [-0.05, 0) is 35.6 Å². The SMILES string of the molecule is CC(=O)N[C@@H](CC(=O)Nc1cccc(CCC(F)(F)F)c1)c1cccs1. The maximum Gasteiger partial charge on any atom is 0.389 e. The lowest BCUT2D eigenvalue weighted by Gasteiger charge is -2.16. The molecule has 2 amide bonds. The number of hydrogen-bond donors (Lipinski definition) is 2. The molecule has 0 spiro atoms. The van der Waals surface area contributed by atoms with Crippen molar-refractivity contribution in [3.63, 3.8) is 0 Å². The lowest BCUT2D eigenvalue weighted by atomic mass is 10.1. The van der Waals surface area contributed by atoms with Crippen LogP contribution in [0.3, 0.4) is 0 Å². The predicted molar refractivity (Wildman–Crippen MR) is 94.9 cm³/mol. The van der Waals surface area contributed by atoms with Crippen molar-refractivity contribution in [1.82, 2.24) is 5.32 Å². The molecule has 2 N–H and O–H groups in total. The fraction of sp³-hybridized carbons (Fsp3) is 0.333. The molecule has 26 heavy (non-hydrogen) atoms. The summed E-state index contributed by atoms with van der Waals surface area (Å²) in [4.78, 5) is 24.5. The Balaban J connectivity index is 1.98. The smallest absolute Gasteiger partial charge is 0.348 e. The summed E-state index contributed by atoms with van der Waals surface area (Å²) >= 11 is 1.43. The molecule has 4 nitrogen and oxygen atoms in total. The number of anilines is 1. The second-order valence-corrected chi connectivity index (χ2v) is 6.82. The summed E-state index contributed by atoms with van der Waals surface area (Å²) in [5.74, 6) is -0.574. The molecule has 0 radical (unpaired) electrons. The highest BCUT2D eigenvalue weighted by Gasteiger charge is 2.26. The fourth-order valence-electron chi connectivity index (χ4n) is 2.45. The van der Waals surface area contributed by atoms with E-state index in [1.807, 2.05) is 17.5 Å². The molecule has 8 heteroatoms. The molecule has 140 valence electrons. The second kappa shape index (κ2) is 8.84. The summed E-state index contributed by atoms with van der Waals surface area (Å²) in [6.07, 6.45) is -5.23. The largest absolute Gasteiger partial charge is 0.389 e. The summed E-state index contributed by atoms with van der Waals surface area (Å²) in [6, 6.07) is 9.56. The van der Waals surface area contributed by atoms with E-state index >= 15 is 0 Å². The van der Waals surface area contributed by atoms with E-state index in [1.165, 1.54) is 24.3 Å². The van der Waals surface area contributed by atoms with Gasteiger partial charge in [-0.15, -0.1) is 11.3 Å². The Hall–Kier alpha value is -2.35. The Morgan fingerprint density at radius 2 is 1.96 bits per heavy atom. The van der Waals surface area contributed by atoms with Crippen LogP contribution in [0.25, 0.3) is 0 Å². The highest BCUT2D eigenvalue weighted by Crippen LogP contribution is 2.24. The van der Waals surface area contributed by atoms with Crippen LogP contribution in [0.4, 0.5) is 18.9 Å². The summed E-state index contributed by atoms with van der Waals surface area (Å²) in [7, 11) is 0. The Kier molecular flexibility index (Phi) is 6.79. The van der Waals surface area contributed by atoms with Crippen molar-refractivity contribution in [3.8, 4) is 0 Å². The van der Waals surface area contributed by atoms with Gasteiger partial charge in [0.1, 0.15) is 0 Å². The van der Waals surface area contributed by atoms with Crippen molar-refractivity contribution in [3.05, 3.63) is 52.2 Å². The van der Waals surface area contributed by atoms with Gasteiger partial charge in [0.15, 0.2) is 0 Å². The number of thiophene rings is 1. The number of aryl methyl sites for hydroxylation is 1. The minimum Gasteiger partial charge on any atom is -0.348 e. The zero-order valence-electron chi connectivity index (χ0n) is 14.1. The highest BCUT2D eigenvalue weighted by molar-refractivity contribution is 7.10. The average Bonchev–Trinajstić information content (AvgIpc) is 3.06. The molecular formula is C18H19F3N2O2S. The minimum absolute atomic E-state index is 0.0346. The van der Waals surface area contributed by atoms with Crippen LogP contribution < -0.4 is 10.6 Å². The maximum absolute atomic E-state index is 12.3. The van der Waals surface area contributed by atoms with Crippen molar-refractivity contribution in [1.29, 1.82) is 0 Å². The summed E-state index contributed by atoms with van der Waals surface area (Å²) in [5.41, 5.74) is 0.930. The van der Waals surface area contributed by atoms with Crippen LogP contribution in [0.15, 0.2) is 41.8 Å². The van der Waals surface area contributed by atoms with Crippen LogP contribution in [0.1, 0.15) is 36.2 Å². The molecule has 1 aromatic heterocycles. The fourth-order valence-corrected chi connectivity index (χ4v) is 3.22. The van der Waals surface area contributed by atoms with Crippen LogP contribution in [0, 0.1) is 0 Å². The van der Waals surface area contributed by atoms with Gasteiger partial charge in [-0.1, -0.05) is 18.2 Å². The van der Waals surface area contributed by atoms with Gasteiger partial charge in [0, 0.05) is 23.9 Å². The number of carbonyl (C=O) groups is 2. The van der Waals surface area contributed by atoms with E-state index in [9.17, 15) is 22.8 Å². The Labute approximate surface area is 153 Å². The minimum atomic E-state index is -4.22. The lowest BCUT2D eigenvalue weighted by molar-refractivity contribution is -0.134. The molecule has 2 aromatic rings. The maximum atomic E-state index is 12.3. The predicted octanol–water partition coefficient (Wildman–Crippen LogP) is 4.45. The molecule has 1 atom stereocenters. The van der Waals surface area contributed by atoms with E-state index in [4.69, 9.17) is 0 Å². The van der Waals surface area contributed by atoms with Crippen molar-refractivity contribution >= 4 is 28.8 Å². The van der Waals surface area contributed by atoms with E-state index in [1.54, 1.807) is 18.2 Å². The second-order valence-electron chi connectivity index (χ2n) is 5.84. The number of alkyl halides is 3. The first-order valence-electron chi connectivity index (χ1n) is 7.99. The van der Waals surface area contributed by atoms with Crippen LogP contribution in [0.2, 0.25) is 0 Å². The summed E-state index contributed by atoms with van der Waals surface area (Å²) in [6.45, 7) is 1.38. The van der Waals surface area contributed by atoms with Gasteiger partial charge >= 0.3 is 6.18 Å². The van der Waals surface area contributed by atoms with Gasteiger partial charge in [0.2, 0.25) is 11.8 Å². The first-order valence-corrected chi connectivity index (χ1v) is 8.87. The number of carbonyl (C=O) groups excluding carboxylic acids is 2. The third-order valence-electron chi connectivity index (χ3n) is 3.56. The third-order valence-corrected chi connectivity index (χ3v) is 4.55. The van der Waals surface area contributed by atoms with Crippen molar-refractivity contribution in [2.24, 2.45) is 0 Å². The van der Waals surface area contributed by atoms with Crippen LogP contribution in [-0.4, -0.2) is 18.0 Å². The molecule has 0 aliphatic carbocycles. The molecule has 1 aromatic carbocycles. The van der Waals surface area contributed by atoms with E-state index < -0.39 is 18.6 Å². The monoisotopic (exact) mass is 384 g/mol. The van der Waals surface area contributed by atoms with Gasteiger partial charge in [0.05, 0.1) is 12.5 Å². The Morgan fingerprint density at radius 3 is 2.58 bits per heavy atom. The highest BCUT2D eigenvalue weighted by atomic mass is 32.1. The molecule has 1 heterocycles. The molecule has 0 saturated heterocycles. The van der Waals surface area contributed by atoms with Crippen LogP contribution in [0.5, 0.6) is 0 Å². The molecule has 0 fully saturated rings. The number of benzene rings is 1. The topological polar surface area (TPSA) is 58.2 Å². The number of nitrogens with one attached hydrogen (secondary N) is 2. The number of halogens is 3. The zero-order chi connectivity index (χ0) is 19.2. The summed E-state index contributed by atoms with van der Waals surface area (Å²) < 4.78 is 37.0. The first kappa shape index (κ1) is 20.0. The zero-order valence-corrected chi connectivity index (χ0v) is 14.9. The molecule has 0 bridgehead atoms. The molecule has 2 rings (SSSR count). The third kappa shape index (κ3) is 6.87. The van der Waals surface area contributed by atoms with Gasteiger partial charge in [-0.3, -0.25) is 9.59 Å². The molecular weight excluding hydrogens is 365 g/mol. The van der Waals surface area contributed by atoms with Gasteiger partial charge in [0.25, 0.3) is 0 Å². The van der Waals surface area contributed by atoms with Crippen LogP contribution in [-0.2, 0) is 16.0 Å².